The molecule has 2 unspecified atom stereocenters. The predicted octanol–water partition coefficient (Wildman–Crippen LogP) is 7.92. The monoisotopic (exact) mass is 605 g/mol. The number of rotatable bonds is 9. The highest BCUT2D eigenvalue weighted by Crippen LogP contribution is 2.32. The largest absolute Gasteiger partial charge is 0.528 e. The van der Waals surface area contributed by atoms with Crippen LogP contribution in [0.15, 0.2) is 101 Å². The Labute approximate surface area is 263 Å². The van der Waals surface area contributed by atoms with Crippen molar-refractivity contribution in [3.63, 3.8) is 0 Å². The van der Waals surface area contributed by atoms with Gasteiger partial charge in [-0.1, -0.05) is 78.9 Å². The number of nitrogens with zero attached hydrogens (tertiary/aromatic N) is 3. The molecule has 2 atom stereocenters. The molecule has 4 aromatic carbocycles. The van der Waals surface area contributed by atoms with Crippen LogP contribution < -0.4 is 0 Å². The lowest BCUT2D eigenvalue weighted by atomic mass is 9.87. The van der Waals surface area contributed by atoms with Gasteiger partial charge in [0.05, 0.1) is 19.3 Å². The normalized spacial score (nSPS) is 17.3. The predicted molar refractivity (Wildman–Crippen MR) is 172 cm³/mol. The number of fused-ring (bicyclic) bond motifs is 1. The number of hydroxylamine groups is 2. The summed E-state index contributed by atoms with van der Waals surface area (Å²) in [4.78, 5) is 18.0. The molecule has 8 nitrogen and oxygen atoms in total. The number of carbonyl (C=O) groups excluding carboxylic acids is 1. The molecule has 8 heteroatoms. The third-order valence-corrected chi connectivity index (χ3v) is 7.92. The number of aromatic nitrogens is 2. The minimum Gasteiger partial charge on any atom is -0.427 e. The Kier molecular flexibility index (Phi) is 9.23. The van der Waals surface area contributed by atoms with Gasteiger partial charge in [0.2, 0.25) is 11.8 Å². The van der Waals surface area contributed by atoms with E-state index in [-0.39, 0.29) is 12.0 Å². The van der Waals surface area contributed by atoms with Crippen molar-refractivity contribution < 1.29 is 23.5 Å². The van der Waals surface area contributed by atoms with Crippen LogP contribution in [0.3, 0.4) is 0 Å². The Balaban J connectivity index is 1.12. The van der Waals surface area contributed by atoms with E-state index in [1.54, 1.807) is 5.06 Å². The smallest absolute Gasteiger partial charge is 0.427 e. The van der Waals surface area contributed by atoms with Crippen molar-refractivity contribution in [1.29, 1.82) is 0 Å². The maximum Gasteiger partial charge on any atom is 0.528 e. The first kappa shape index (κ1) is 30.5. The number of hydrogen-bond acceptors (Lipinski definition) is 8. The summed E-state index contributed by atoms with van der Waals surface area (Å²) in [6, 6.07) is 33.2. The Bertz CT molecular complexity index is 1710. The molecular weight excluding hydrogens is 566 g/mol. The molecule has 6 rings (SSSR count). The molecule has 0 saturated carbocycles. The van der Waals surface area contributed by atoms with Gasteiger partial charge in [-0.3, -0.25) is 0 Å². The SMILES string of the molecule is CC(C)(C)OC(=O)ON1CCC(c2ccc(CCc3nnc(-c4ccccc4)o3)cc2)C(OCc2ccc3ccccc3c2)C1. The number of piperidine rings is 1. The van der Waals surface area contributed by atoms with E-state index in [1.165, 1.54) is 21.9 Å². The summed E-state index contributed by atoms with van der Waals surface area (Å²) in [5, 5.41) is 12.5. The Hall–Kier alpha value is -4.53. The van der Waals surface area contributed by atoms with E-state index in [9.17, 15) is 4.79 Å². The lowest BCUT2D eigenvalue weighted by molar-refractivity contribution is -0.179. The molecular formula is C37H39N3O5. The molecule has 1 fully saturated rings. The van der Waals surface area contributed by atoms with Crippen molar-refractivity contribution in [2.45, 2.75) is 64.3 Å². The van der Waals surface area contributed by atoms with Crippen molar-refractivity contribution in [3.05, 3.63) is 120 Å². The van der Waals surface area contributed by atoms with Gasteiger partial charge in [-0.2, -0.15) is 0 Å². The number of carbonyl (C=O) groups is 1. The van der Waals surface area contributed by atoms with E-state index < -0.39 is 11.8 Å². The summed E-state index contributed by atoms with van der Waals surface area (Å²) in [7, 11) is 0. The van der Waals surface area contributed by atoms with E-state index in [0.29, 0.717) is 37.9 Å². The lowest BCUT2D eigenvalue weighted by Gasteiger charge is -2.37. The van der Waals surface area contributed by atoms with Gasteiger partial charge < -0.3 is 18.7 Å². The molecule has 0 N–H and O–H groups in total. The summed E-state index contributed by atoms with van der Waals surface area (Å²) in [6.07, 6.45) is 1.34. The highest BCUT2D eigenvalue weighted by Gasteiger charge is 2.34. The molecule has 232 valence electrons. The topological polar surface area (TPSA) is 86.9 Å². The number of hydrogen-bond donors (Lipinski definition) is 0. The zero-order valence-corrected chi connectivity index (χ0v) is 26.0. The summed E-state index contributed by atoms with van der Waals surface area (Å²) in [5.74, 6) is 1.30. The molecule has 1 aromatic heterocycles. The summed E-state index contributed by atoms with van der Waals surface area (Å²) in [5.41, 5.74) is 3.78. The fraction of sp³-hybridized carbons (Fsp3) is 0.324. The van der Waals surface area contributed by atoms with Crippen LogP contribution in [0.2, 0.25) is 0 Å². The second-order valence-electron chi connectivity index (χ2n) is 12.5. The van der Waals surface area contributed by atoms with Crippen LogP contribution in [0.4, 0.5) is 4.79 Å². The van der Waals surface area contributed by atoms with Crippen molar-refractivity contribution >= 4 is 16.9 Å². The average Bonchev–Trinajstić information content (AvgIpc) is 3.52. The highest BCUT2D eigenvalue weighted by molar-refractivity contribution is 5.82. The number of ether oxygens (including phenoxy) is 2. The van der Waals surface area contributed by atoms with Crippen molar-refractivity contribution in [2.75, 3.05) is 13.1 Å². The second kappa shape index (κ2) is 13.6. The van der Waals surface area contributed by atoms with E-state index in [0.717, 1.165) is 24.0 Å². The van der Waals surface area contributed by atoms with Gasteiger partial charge in [0.1, 0.15) is 5.60 Å². The molecule has 0 spiro atoms. The first-order chi connectivity index (χ1) is 21.8. The fourth-order valence-electron chi connectivity index (χ4n) is 5.66. The molecule has 0 bridgehead atoms. The Morgan fingerprint density at radius 1 is 0.867 bits per heavy atom. The standard InChI is InChI=1S/C37H39N3O5/c1-37(2,3)44-36(41)45-40-22-21-32(33(24-40)42-25-27-15-17-28-9-7-8-12-31(28)23-27)29-18-13-26(14-19-29)16-20-34-38-39-35(43-34)30-10-5-4-6-11-30/h4-15,17-19,23,32-33H,16,20-22,24-25H2,1-3H3. The van der Waals surface area contributed by atoms with E-state index in [2.05, 4.69) is 64.8 Å². The van der Waals surface area contributed by atoms with Gasteiger partial charge >= 0.3 is 6.16 Å². The maximum absolute atomic E-state index is 12.4. The molecule has 0 aliphatic carbocycles. The van der Waals surface area contributed by atoms with Crippen LogP contribution >= 0.6 is 0 Å². The third kappa shape index (κ3) is 8.15. The van der Waals surface area contributed by atoms with E-state index in [4.69, 9.17) is 18.7 Å². The van der Waals surface area contributed by atoms with Crippen LogP contribution in [-0.2, 0) is 33.8 Å². The maximum atomic E-state index is 12.4. The summed E-state index contributed by atoms with van der Waals surface area (Å²) >= 11 is 0. The third-order valence-electron chi connectivity index (χ3n) is 7.92. The molecule has 1 aliphatic heterocycles. The lowest BCUT2D eigenvalue weighted by Crippen LogP contribution is -2.45. The minimum absolute atomic E-state index is 0.141. The van der Waals surface area contributed by atoms with Gasteiger partial charge in [-0.15, -0.1) is 15.3 Å². The van der Waals surface area contributed by atoms with Gasteiger partial charge in [0.25, 0.3) is 0 Å². The molecule has 2 heterocycles. The van der Waals surface area contributed by atoms with Crippen molar-refractivity contribution in [1.82, 2.24) is 15.3 Å². The molecule has 1 saturated heterocycles. The zero-order valence-electron chi connectivity index (χ0n) is 26.0. The van der Waals surface area contributed by atoms with Gasteiger partial charge in [0.15, 0.2) is 0 Å². The van der Waals surface area contributed by atoms with E-state index in [1.807, 2.05) is 63.2 Å². The minimum atomic E-state index is -0.698. The second-order valence-corrected chi connectivity index (χ2v) is 12.5. The Morgan fingerprint density at radius 2 is 1.60 bits per heavy atom. The van der Waals surface area contributed by atoms with Crippen molar-refractivity contribution in [2.24, 2.45) is 0 Å². The first-order valence-corrected chi connectivity index (χ1v) is 15.5. The average molecular weight is 606 g/mol. The molecule has 5 aromatic rings. The van der Waals surface area contributed by atoms with Crippen LogP contribution in [0.25, 0.3) is 22.2 Å². The summed E-state index contributed by atoms with van der Waals surface area (Å²) < 4.78 is 17.8. The Morgan fingerprint density at radius 3 is 2.38 bits per heavy atom. The molecule has 0 radical (unpaired) electrons. The number of benzene rings is 4. The van der Waals surface area contributed by atoms with Crippen LogP contribution in [0.5, 0.6) is 0 Å². The number of aryl methyl sites for hydroxylation is 2. The quantitative estimate of drug-likeness (QED) is 0.157. The first-order valence-electron chi connectivity index (χ1n) is 15.5. The van der Waals surface area contributed by atoms with Gasteiger partial charge in [0, 0.05) is 24.4 Å². The zero-order chi connectivity index (χ0) is 31.2. The molecule has 1 aliphatic rings. The van der Waals surface area contributed by atoms with Crippen molar-refractivity contribution in [3.8, 4) is 11.5 Å². The summed E-state index contributed by atoms with van der Waals surface area (Å²) in [6.45, 7) is 6.96. The molecule has 45 heavy (non-hydrogen) atoms. The van der Waals surface area contributed by atoms with Gasteiger partial charge in [-0.25, -0.2) is 4.79 Å². The highest BCUT2D eigenvalue weighted by atomic mass is 16.8. The van der Waals surface area contributed by atoms with Crippen LogP contribution in [0, 0.1) is 0 Å². The van der Waals surface area contributed by atoms with Crippen LogP contribution in [0.1, 0.15) is 55.7 Å². The van der Waals surface area contributed by atoms with Crippen LogP contribution in [-0.4, -0.2) is 46.2 Å². The fourth-order valence-corrected chi connectivity index (χ4v) is 5.66. The molecule has 0 amide bonds. The van der Waals surface area contributed by atoms with E-state index >= 15 is 0 Å². The van der Waals surface area contributed by atoms with Gasteiger partial charge in [-0.05, 0) is 79.3 Å².